The van der Waals surface area contributed by atoms with Gasteiger partial charge in [0.25, 0.3) is 10.0 Å². The van der Waals surface area contributed by atoms with E-state index in [0.29, 0.717) is 17.1 Å². The molecule has 0 radical (unpaired) electrons. The van der Waals surface area contributed by atoms with Gasteiger partial charge in [0.2, 0.25) is 5.89 Å². The Morgan fingerprint density at radius 1 is 1.57 bits per heavy atom. The van der Waals surface area contributed by atoms with Crippen molar-refractivity contribution in [2.75, 3.05) is 5.73 Å². The molecule has 0 spiro atoms. The van der Waals surface area contributed by atoms with Crippen LogP contribution in [0.2, 0.25) is 0 Å². The Kier molecular flexibility index (Phi) is 3.98. The summed E-state index contributed by atoms with van der Waals surface area (Å²) in [5.74, 6) is 0.752. The summed E-state index contributed by atoms with van der Waals surface area (Å²) >= 11 is 0.627. The van der Waals surface area contributed by atoms with Crippen LogP contribution in [0.25, 0.3) is 0 Å². The van der Waals surface area contributed by atoms with E-state index in [4.69, 9.17) is 10.2 Å². The normalized spacial score (nSPS) is 13.2. The van der Waals surface area contributed by atoms with Crippen LogP contribution in [0.15, 0.2) is 20.9 Å². The van der Waals surface area contributed by atoms with E-state index in [1.807, 2.05) is 0 Å². The smallest absolute Gasteiger partial charge is 0.304 e. The lowest BCUT2D eigenvalue weighted by molar-refractivity contribution is -0.383. The molecule has 0 amide bonds. The average molecular weight is 332 g/mol. The molecule has 0 aliphatic rings. The third kappa shape index (κ3) is 3.20. The second-order valence-corrected chi connectivity index (χ2v) is 7.25. The standard InChI is InChI=1S/C10H12N4O5S2/c1-5-4-12-10(19-5)6(2)13-21(17,18)8-3-7(14(15)16)9(11)20-8/h3-4,6,13H,11H2,1-2H3. The number of thiophene rings is 1. The van der Waals surface area contributed by atoms with Crippen molar-refractivity contribution in [2.45, 2.75) is 24.1 Å². The number of aryl methyl sites for hydroxylation is 1. The fourth-order valence-electron chi connectivity index (χ4n) is 1.56. The summed E-state index contributed by atoms with van der Waals surface area (Å²) in [5, 5.41) is 10.5. The largest absolute Gasteiger partial charge is 0.444 e. The van der Waals surface area contributed by atoms with Gasteiger partial charge in [-0.1, -0.05) is 11.3 Å². The number of nitrogen functional groups attached to an aromatic ring is 1. The minimum atomic E-state index is -3.95. The summed E-state index contributed by atoms with van der Waals surface area (Å²) in [6.07, 6.45) is 1.47. The molecule has 2 rings (SSSR count). The fourth-order valence-corrected chi connectivity index (χ4v) is 3.99. The van der Waals surface area contributed by atoms with Gasteiger partial charge in [0.15, 0.2) is 5.00 Å². The van der Waals surface area contributed by atoms with Gasteiger partial charge in [-0.05, 0) is 13.8 Å². The first-order chi connectivity index (χ1) is 9.70. The van der Waals surface area contributed by atoms with Crippen molar-refractivity contribution in [2.24, 2.45) is 0 Å². The van der Waals surface area contributed by atoms with Gasteiger partial charge in [-0.3, -0.25) is 10.1 Å². The second-order valence-electron chi connectivity index (χ2n) is 4.22. The summed E-state index contributed by atoms with van der Waals surface area (Å²) in [6, 6.07) is 0.210. The molecule has 9 nitrogen and oxygen atoms in total. The van der Waals surface area contributed by atoms with E-state index in [9.17, 15) is 18.5 Å². The number of oxazole rings is 1. The van der Waals surface area contributed by atoms with Crippen LogP contribution in [0.3, 0.4) is 0 Å². The molecule has 1 atom stereocenters. The number of nitro groups is 1. The fraction of sp³-hybridized carbons (Fsp3) is 0.300. The predicted octanol–water partition coefficient (Wildman–Crippen LogP) is 1.57. The van der Waals surface area contributed by atoms with Crippen molar-refractivity contribution in [3.63, 3.8) is 0 Å². The highest BCUT2D eigenvalue weighted by Crippen LogP contribution is 2.34. The molecule has 21 heavy (non-hydrogen) atoms. The van der Waals surface area contributed by atoms with Crippen molar-refractivity contribution < 1.29 is 17.8 Å². The van der Waals surface area contributed by atoms with Gasteiger partial charge in [-0.15, -0.1) is 0 Å². The van der Waals surface area contributed by atoms with Gasteiger partial charge in [-0.2, -0.15) is 4.72 Å². The number of rotatable bonds is 5. The molecule has 0 saturated heterocycles. The highest BCUT2D eigenvalue weighted by Gasteiger charge is 2.27. The van der Waals surface area contributed by atoms with Crippen LogP contribution in [0, 0.1) is 17.0 Å². The van der Waals surface area contributed by atoms with Gasteiger partial charge >= 0.3 is 5.69 Å². The van der Waals surface area contributed by atoms with Gasteiger partial charge in [-0.25, -0.2) is 13.4 Å². The molecule has 0 aliphatic heterocycles. The van der Waals surface area contributed by atoms with E-state index in [1.165, 1.54) is 6.20 Å². The van der Waals surface area contributed by atoms with Crippen molar-refractivity contribution in [1.82, 2.24) is 9.71 Å². The van der Waals surface area contributed by atoms with Crippen LogP contribution < -0.4 is 10.5 Å². The number of hydrogen-bond donors (Lipinski definition) is 2. The Morgan fingerprint density at radius 2 is 2.24 bits per heavy atom. The molecule has 0 aromatic carbocycles. The van der Waals surface area contributed by atoms with E-state index < -0.39 is 26.7 Å². The number of nitrogens with two attached hydrogens (primary N) is 1. The molecule has 3 N–H and O–H groups in total. The first-order valence-corrected chi connectivity index (χ1v) is 7.99. The van der Waals surface area contributed by atoms with Crippen molar-refractivity contribution in [3.8, 4) is 0 Å². The van der Waals surface area contributed by atoms with E-state index in [-0.39, 0.29) is 15.1 Å². The number of hydrogen-bond acceptors (Lipinski definition) is 8. The predicted molar refractivity (Wildman–Crippen MR) is 75.4 cm³/mol. The van der Waals surface area contributed by atoms with Gasteiger partial charge < -0.3 is 10.2 Å². The number of nitrogens with zero attached hydrogens (tertiary/aromatic N) is 2. The summed E-state index contributed by atoms with van der Waals surface area (Å²) in [6.45, 7) is 3.23. The molecule has 11 heteroatoms. The summed E-state index contributed by atoms with van der Waals surface area (Å²) < 4.78 is 31.6. The van der Waals surface area contributed by atoms with Crippen molar-refractivity contribution in [3.05, 3.63) is 34.0 Å². The maximum atomic E-state index is 12.2. The molecular formula is C10H12N4O5S2. The highest BCUT2D eigenvalue weighted by molar-refractivity contribution is 7.91. The molecule has 2 aromatic heterocycles. The van der Waals surface area contributed by atoms with Crippen LogP contribution >= 0.6 is 11.3 Å². The Balaban J connectivity index is 2.26. The zero-order valence-corrected chi connectivity index (χ0v) is 12.7. The molecule has 2 aromatic rings. The minimum absolute atomic E-state index is 0.167. The van der Waals surface area contributed by atoms with Gasteiger partial charge in [0, 0.05) is 6.07 Å². The van der Waals surface area contributed by atoms with Crippen LogP contribution in [-0.4, -0.2) is 18.3 Å². The number of sulfonamides is 1. The number of nitrogens with one attached hydrogen (secondary N) is 1. The molecule has 114 valence electrons. The number of anilines is 1. The van der Waals surface area contributed by atoms with Crippen LogP contribution in [0.1, 0.15) is 24.6 Å². The van der Waals surface area contributed by atoms with Gasteiger partial charge in [0.1, 0.15) is 9.97 Å². The van der Waals surface area contributed by atoms with Crippen molar-refractivity contribution in [1.29, 1.82) is 0 Å². The number of aromatic nitrogens is 1. The molecule has 0 fully saturated rings. The maximum Gasteiger partial charge on any atom is 0.304 e. The van der Waals surface area contributed by atoms with E-state index >= 15 is 0 Å². The van der Waals surface area contributed by atoms with Crippen LogP contribution in [0.4, 0.5) is 10.7 Å². The Bertz CT molecular complexity index is 779. The molecule has 0 bridgehead atoms. The SMILES string of the molecule is Cc1cnc(C(C)NS(=O)(=O)c2cc([N+](=O)[O-])c(N)s2)o1. The first-order valence-electron chi connectivity index (χ1n) is 5.69. The Morgan fingerprint density at radius 3 is 2.71 bits per heavy atom. The maximum absolute atomic E-state index is 12.2. The Hall–Kier alpha value is -1.98. The lowest BCUT2D eigenvalue weighted by Gasteiger charge is -2.09. The molecule has 1 unspecified atom stereocenters. The third-order valence-corrected chi connectivity index (χ3v) is 5.49. The molecule has 0 aliphatic carbocycles. The summed E-state index contributed by atoms with van der Waals surface area (Å²) in [5.41, 5.74) is 5.01. The molecule has 0 saturated carbocycles. The van der Waals surface area contributed by atoms with E-state index in [0.717, 1.165) is 6.07 Å². The summed E-state index contributed by atoms with van der Waals surface area (Å²) in [7, 11) is -3.95. The first kappa shape index (κ1) is 15.4. The van der Waals surface area contributed by atoms with E-state index in [2.05, 4.69) is 9.71 Å². The quantitative estimate of drug-likeness (QED) is 0.625. The zero-order chi connectivity index (χ0) is 15.8. The summed E-state index contributed by atoms with van der Waals surface area (Å²) in [4.78, 5) is 13.9. The lowest BCUT2D eigenvalue weighted by Crippen LogP contribution is -2.26. The van der Waals surface area contributed by atoms with E-state index in [1.54, 1.807) is 13.8 Å². The Labute approximate surface area is 124 Å². The van der Waals surface area contributed by atoms with Crippen LogP contribution in [-0.2, 0) is 10.0 Å². The topological polar surface area (TPSA) is 141 Å². The second kappa shape index (κ2) is 5.42. The van der Waals surface area contributed by atoms with Crippen molar-refractivity contribution >= 4 is 32.0 Å². The molecule has 2 heterocycles. The zero-order valence-electron chi connectivity index (χ0n) is 11.1. The minimum Gasteiger partial charge on any atom is -0.444 e. The van der Waals surface area contributed by atoms with Gasteiger partial charge in [0.05, 0.1) is 17.2 Å². The highest BCUT2D eigenvalue weighted by atomic mass is 32.2. The average Bonchev–Trinajstić information content (AvgIpc) is 2.95. The third-order valence-electron chi connectivity index (χ3n) is 2.52. The lowest BCUT2D eigenvalue weighted by atomic mass is 10.4. The monoisotopic (exact) mass is 332 g/mol. The van der Waals surface area contributed by atoms with Crippen LogP contribution in [0.5, 0.6) is 0 Å². The molecular weight excluding hydrogens is 320 g/mol.